The Morgan fingerprint density at radius 2 is 2.20 bits per heavy atom. The minimum Gasteiger partial charge on any atom is -0.399 e. The summed E-state index contributed by atoms with van der Waals surface area (Å²) < 4.78 is 15.3. The standard InChI is InChI=1S/C14H15ClFN3O/c1-2-5-19-8-9(15)6-13(19)14(20)18-12-7-10(17)3-4-11(12)16/h3-4,6-8H,2,5,17H2,1H3,(H,18,20). The maximum Gasteiger partial charge on any atom is 0.272 e. The summed E-state index contributed by atoms with van der Waals surface area (Å²) in [5.41, 5.74) is 6.40. The van der Waals surface area contributed by atoms with E-state index in [0.29, 0.717) is 22.9 Å². The van der Waals surface area contributed by atoms with Crippen molar-refractivity contribution in [2.75, 3.05) is 11.1 Å². The third-order valence-electron chi connectivity index (χ3n) is 2.80. The first-order valence-electron chi connectivity index (χ1n) is 6.23. The van der Waals surface area contributed by atoms with Crippen LogP contribution in [0.1, 0.15) is 23.8 Å². The molecule has 0 fully saturated rings. The molecule has 1 heterocycles. The number of benzene rings is 1. The quantitative estimate of drug-likeness (QED) is 0.848. The molecule has 6 heteroatoms. The van der Waals surface area contributed by atoms with Crippen molar-refractivity contribution in [1.82, 2.24) is 4.57 Å². The number of aryl methyl sites for hydroxylation is 1. The summed E-state index contributed by atoms with van der Waals surface area (Å²) in [4.78, 5) is 12.2. The molecule has 1 amide bonds. The average molecular weight is 296 g/mol. The summed E-state index contributed by atoms with van der Waals surface area (Å²) in [6.45, 7) is 2.65. The van der Waals surface area contributed by atoms with Crippen molar-refractivity contribution in [3.8, 4) is 0 Å². The highest BCUT2D eigenvalue weighted by Crippen LogP contribution is 2.20. The van der Waals surface area contributed by atoms with Gasteiger partial charge in [0, 0.05) is 18.4 Å². The third kappa shape index (κ3) is 3.11. The van der Waals surface area contributed by atoms with Crippen LogP contribution >= 0.6 is 11.6 Å². The van der Waals surface area contributed by atoms with Crippen LogP contribution < -0.4 is 11.1 Å². The normalized spacial score (nSPS) is 10.6. The molecule has 2 rings (SSSR count). The van der Waals surface area contributed by atoms with E-state index < -0.39 is 11.7 Å². The summed E-state index contributed by atoms with van der Waals surface area (Å²) in [6, 6.07) is 5.57. The Morgan fingerprint density at radius 3 is 2.90 bits per heavy atom. The second kappa shape index (κ2) is 5.96. The number of anilines is 2. The van der Waals surface area contributed by atoms with E-state index in [1.165, 1.54) is 18.2 Å². The molecule has 0 bridgehead atoms. The highest BCUT2D eigenvalue weighted by atomic mass is 35.5. The highest BCUT2D eigenvalue weighted by molar-refractivity contribution is 6.31. The molecule has 1 aromatic heterocycles. The maximum absolute atomic E-state index is 13.6. The van der Waals surface area contributed by atoms with Gasteiger partial charge >= 0.3 is 0 Å². The number of nitrogen functional groups attached to an aromatic ring is 1. The Morgan fingerprint density at radius 1 is 1.45 bits per heavy atom. The Bertz CT molecular complexity index is 639. The molecule has 0 saturated heterocycles. The van der Waals surface area contributed by atoms with Crippen LogP contribution in [0, 0.1) is 5.82 Å². The molecule has 0 aliphatic rings. The number of halogens is 2. The monoisotopic (exact) mass is 295 g/mol. The smallest absolute Gasteiger partial charge is 0.272 e. The van der Waals surface area contributed by atoms with Crippen LogP contribution in [0.5, 0.6) is 0 Å². The summed E-state index contributed by atoms with van der Waals surface area (Å²) in [5, 5.41) is 2.98. The van der Waals surface area contributed by atoms with Crippen LogP contribution in [0.4, 0.5) is 15.8 Å². The molecule has 0 unspecified atom stereocenters. The molecule has 0 radical (unpaired) electrons. The van der Waals surface area contributed by atoms with Crippen molar-refractivity contribution in [3.05, 3.63) is 47.0 Å². The Labute approximate surface area is 121 Å². The van der Waals surface area contributed by atoms with Crippen LogP contribution in [-0.4, -0.2) is 10.5 Å². The first kappa shape index (κ1) is 14.4. The Balaban J connectivity index is 2.26. The molecule has 0 saturated carbocycles. The molecule has 0 aliphatic carbocycles. The number of hydrogen-bond acceptors (Lipinski definition) is 2. The molecular weight excluding hydrogens is 281 g/mol. The van der Waals surface area contributed by atoms with Gasteiger partial charge in [-0.25, -0.2) is 4.39 Å². The first-order chi connectivity index (χ1) is 9.51. The van der Waals surface area contributed by atoms with E-state index in [0.717, 1.165) is 6.42 Å². The van der Waals surface area contributed by atoms with Crippen molar-refractivity contribution in [2.45, 2.75) is 19.9 Å². The molecule has 0 spiro atoms. The molecule has 1 aromatic carbocycles. The zero-order chi connectivity index (χ0) is 14.7. The molecule has 0 aliphatic heterocycles. The highest BCUT2D eigenvalue weighted by Gasteiger charge is 2.15. The van der Waals surface area contributed by atoms with E-state index in [1.54, 1.807) is 16.8 Å². The topological polar surface area (TPSA) is 60.0 Å². The number of amides is 1. The number of rotatable bonds is 4. The fourth-order valence-electron chi connectivity index (χ4n) is 1.92. The molecule has 0 atom stereocenters. The number of carbonyl (C=O) groups is 1. The Kier molecular flexibility index (Phi) is 4.29. The van der Waals surface area contributed by atoms with Gasteiger partial charge in [0.05, 0.1) is 10.7 Å². The van der Waals surface area contributed by atoms with Crippen molar-refractivity contribution >= 4 is 28.9 Å². The SMILES string of the molecule is CCCn1cc(Cl)cc1C(=O)Nc1cc(N)ccc1F. The van der Waals surface area contributed by atoms with Gasteiger partial charge in [-0.1, -0.05) is 18.5 Å². The molecule has 2 aromatic rings. The lowest BCUT2D eigenvalue weighted by molar-refractivity contribution is 0.101. The van der Waals surface area contributed by atoms with Crippen LogP contribution in [0.3, 0.4) is 0 Å². The number of carbonyl (C=O) groups excluding carboxylic acids is 1. The van der Waals surface area contributed by atoms with Gasteiger partial charge in [-0.2, -0.15) is 0 Å². The van der Waals surface area contributed by atoms with E-state index >= 15 is 0 Å². The summed E-state index contributed by atoms with van der Waals surface area (Å²) >= 11 is 5.91. The zero-order valence-corrected chi connectivity index (χ0v) is 11.7. The van der Waals surface area contributed by atoms with Crippen molar-refractivity contribution in [2.24, 2.45) is 0 Å². The number of hydrogen-bond donors (Lipinski definition) is 2. The fraction of sp³-hybridized carbons (Fsp3) is 0.214. The molecule has 4 nitrogen and oxygen atoms in total. The second-order valence-electron chi connectivity index (χ2n) is 4.43. The third-order valence-corrected chi connectivity index (χ3v) is 3.01. The number of nitrogens with one attached hydrogen (secondary N) is 1. The summed E-state index contributed by atoms with van der Waals surface area (Å²) in [7, 11) is 0. The predicted octanol–water partition coefficient (Wildman–Crippen LogP) is 3.53. The van der Waals surface area contributed by atoms with Crippen molar-refractivity contribution in [3.63, 3.8) is 0 Å². The van der Waals surface area contributed by atoms with Gasteiger partial charge in [0.2, 0.25) is 0 Å². The first-order valence-corrected chi connectivity index (χ1v) is 6.61. The summed E-state index contributed by atoms with van der Waals surface area (Å²) in [5.74, 6) is -0.956. The largest absolute Gasteiger partial charge is 0.399 e. The minimum atomic E-state index is -0.535. The molecule has 20 heavy (non-hydrogen) atoms. The van der Waals surface area contributed by atoms with E-state index in [-0.39, 0.29) is 5.69 Å². The molecule has 3 N–H and O–H groups in total. The maximum atomic E-state index is 13.6. The Hall–Kier alpha value is -2.01. The molecule has 106 valence electrons. The van der Waals surface area contributed by atoms with Crippen LogP contribution in [0.2, 0.25) is 5.02 Å². The lowest BCUT2D eigenvalue weighted by atomic mass is 10.2. The van der Waals surface area contributed by atoms with E-state index in [4.69, 9.17) is 17.3 Å². The van der Waals surface area contributed by atoms with E-state index in [2.05, 4.69) is 5.32 Å². The predicted molar refractivity (Wildman–Crippen MR) is 78.5 cm³/mol. The fourth-order valence-corrected chi connectivity index (χ4v) is 2.14. The van der Waals surface area contributed by atoms with Gasteiger partial charge in [-0.15, -0.1) is 0 Å². The van der Waals surface area contributed by atoms with Crippen LogP contribution in [-0.2, 0) is 6.54 Å². The zero-order valence-electron chi connectivity index (χ0n) is 11.0. The lowest BCUT2D eigenvalue weighted by Gasteiger charge is -2.09. The van der Waals surface area contributed by atoms with Gasteiger partial charge in [0.25, 0.3) is 5.91 Å². The molecular formula is C14H15ClFN3O. The minimum absolute atomic E-state index is 0.0513. The number of aromatic nitrogens is 1. The second-order valence-corrected chi connectivity index (χ2v) is 4.87. The van der Waals surface area contributed by atoms with Crippen molar-refractivity contribution < 1.29 is 9.18 Å². The number of nitrogens with zero attached hydrogens (tertiary/aromatic N) is 1. The van der Waals surface area contributed by atoms with Gasteiger partial charge in [-0.05, 0) is 30.7 Å². The van der Waals surface area contributed by atoms with Gasteiger partial charge in [0.1, 0.15) is 11.5 Å². The summed E-state index contributed by atoms with van der Waals surface area (Å²) in [6.07, 6.45) is 2.54. The lowest BCUT2D eigenvalue weighted by Crippen LogP contribution is -2.17. The van der Waals surface area contributed by atoms with Crippen LogP contribution in [0.15, 0.2) is 30.5 Å². The number of nitrogens with two attached hydrogens (primary N) is 1. The van der Waals surface area contributed by atoms with Gasteiger partial charge < -0.3 is 15.6 Å². The van der Waals surface area contributed by atoms with Gasteiger partial charge in [-0.3, -0.25) is 4.79 Å². The van der Waals surface area contributed by atoms with Crippen LogP contribution in [0.25, 0.3) is 0 Å². The van der Waals surface area contributed by atoms with E-state index in [1.807, 2.05) is 6.92 Å². The van der Waals surface area contributed by atoms with E-state index in [9.17, 15) is 9.18 Å². The van der Waals surface area contributed by atoms with Crippen molar-refractivity contribution in [1.29, 1.82) is 0 Å². The average Bonchev–Trinajstić information content (AvgIpc) is 2.75. The van der Waals surface area contributed by atoms with Gasteiger partial charge in [0.15, 0.2) is 0 Å².